The smallest absolute Gasteiger partial charge is 0.377 e. The molecule has 0 aromatic carbocycles. The first-order chi connectivity index (χ1) is 5.00. The Morgan fingerprint density at radius 2 is 2.09 bits per heavy atom. The SMILES string of the molecule is CC(C)[C@@H](C(=O)O)/[N+]([O-])=N/O. The van der Waals surface area contributed by atoms with Crippen LogP contribution < -0.4 is 0 Å². The molecule has 0 radical (unpaired) electrons. The van der Waals surface area contributed by atoms with Crippen LogP contribution in [-0.2, 0) is 4.79 Å². The van der Waals surface area contributed by atoms with Crippen molar-refractivity contribution in [3.05, 3.63) is 5.21 Å². The first-order valence-electron chi connectivity index (χ1n) is 3.05. The van der Waals surface area contributed by atoms with Crippen molar-refractivity contribution in [2.75, 3.05) is 0 Å². The molecule has 11 heavy (non-hydrogen) atoms. The quantitative estimate of drug-likeness (QED) is 0.357. The van der Waals surface area contributed by atoms with Crippen LogP contribution in [0.3, 0.4) is 0 Å². The van der Waals surface area contributed by atoms with Gasteiger partial charge in [0, 0.05) is 5.92 Å². The average molecular weight is 162 g/mol. The van der Waals surface area contributed by atoms with Gasteiger partial charge in [-0.25, -0.2) is 4.79 Å². The lowest BCUT2D eigenvalue weighted by molar-refractivity contribution is -0.586. The summed E-state index contributed by atoms with van der Waals surface area (Å²) in [6, 6.07) is -1.32. The van der Waals surface area contributed by atoms with Crippen LogP contribution in [0.5, 0.6) is 0 Å². The zero-order valence-corrected chi connectivity index (χ0v) is 6.26. The van der Waals surface area contributed by atoms with Gasteiger partial charge in [0.2, 0.25) is 0 Å². The summed E-state index contributed by atoms with van der Waals surface area (Å²) in [7, 11) is 0. The van der Waals surface area contributed by atoms with E-state index in [-0.39, 0.29) is 4.86 Å². The number of aliphatic carboxylic acids is 1. The second-order valence-electron chi connectivity index (χ2n) is 2.42. The third-order valence-corrected chi connectivity index (χ3v) is 1.21. The van der Waals surface area contributed by atoms with Crippen molar-refractivity contribution in [2.24, 2.45) is 11.2 Å². The van der Waals surface area contributed by atoms with E-state index in [4.69, 9.17) is 10.3 Å². The highest BCUT2D eigenvalue weighted by Gasteiger charge is 2.31. The molecule has 0 aliphatic carbocycles. The van der Waals surface area contributed by atoms with Gasteiger partial charge >= 0.3 is 5.97 Å². The van der Waals surface area contributed by atoms with Crippen LogP contribution in [0.1, 0.15) is 13.8 Å². The van der Waals surface area contributed by atoms with E-state index in [0.29, 0.717) is 0 Å². The Morgan fingerprint density at radius 1 is 1.64 bits per heavy atom. The molecule has 0 fully saturated rings. The molecule has 64 valence electrons. The summed E-state index contributed by atoms with van der Waals surface area (Å²) in [6.07, 6.45) is 0. The van der Waals surface area contributed by atoms with Gasteiger partial charge in [-0.05, 0) is 4.86 Å². The van der Waals surface area contributed by atoms with Gasteiger partial charge in [0.25, 0.3) is 6.04 Å². The van der Waals surface area contributed by atoms with Crippen molar-refractivity contribution < 1.29 is 20.0 Å². The van der Waals surface area contributed by atoms with Crippen LogP contribution in [0.2, 0.25) is 0 Å². The topological polar surface area (TPSA) is 96.0 Å². The van der Waals surface area contributed by atoms with E-state index in [1.807, 2.05) is 0 Å². The van der Waals surface area contributed by atoms with Crippen molar-refractivity contribution in [3.8, 4) is 0 Å². The number of carbonyl (C=O) groups is 1. The fourth-order valence-corrected chi connectivity index (χ4v) is 0.690. The highest BCUT2D eigenvalue weighted by atomic mass is 16.6. The first-order valence-corrected chi connectivity index (χ1v) is 3.05. The second kappa shape index (κ2) is 3.75. The Balaban J connectivity index is 4.48. The minimum absolute atomic E-state index is 0.229. The predicted molar refractivity (Wildman–Crippen MR) is 34.1 cm³/mol. The van der Waals surface area contributed by atoms with Crippen LogP contribution in [0.4, 0.5) is 0 Å². The van der Waals surface area contributed by atoms with Crippen LogP contribution in [0, 0.1) is 11.1 Å². The van der Waals surface area contributed by atoms with Gasteiger partial charge in [-0.3, -0.25) is 0 Å². The van der Waals surface area contributed by atoms with Crippen LogP contribution >= 0.6 is 0 Å². The molecule has 0 bridgehead atoms. The first kappa shape index (κ1) is 9.67. The number of hydroxylamine groups is 1. The Morgan fingerprint density at radius 3 is 2.18 bits per heavy atom. The lowest BCUT2D eigenvalue weighted by Crippen LogP contribution is -2.34. The normalized spacial score (nSPS) is 15.0. The molecule has 0 heterocycles. The Bertz CT molecular complexity index is 177. The molecular formula is C5H10N2O4. The molecule has 2 N–H and O–H groups in total. The summed E-state index contributed by atoms with van der Waals surface area (Å²) in [4.78, 5) is 10.1. The number of rotatable bonds is 3. The van der Waals surface area contributed by atoms with E-state index in [0.717, 1.165) is 0 Å². The van der Waals surface area contributed by atoms with Gasteiger partial charge in [-0.1, -0.05) is 13.8 Å². The summed E-state index contributed by atoms with van der Waals surface area (Å²) < 4.78 is 0. The van der Waals surface area contributed by atoms with Gasteiger partial charge in [-0.15, -0.1) is 0 Å². The van der Waals surface area contributed by atoms with Gasteiger partial charge in [0.05, 0.1) is 0 Å². The molecule has 1 atom stereocenters. The van der Waals surface area contributed by atoms with E-state index in [1.165, 1.54) is 0 Å². The van der Waals surface area contributed by atoms with Crippen LogP contribution in [0.25, 0.3) is 0 Å². The van der Waals surface area contributed by atoms with E-state index in [1.54, 1.807) is 13.8 Å². The number of carboxylic acid groups (broad SMARTS) is 1. The monoisotopic (exact) mass is 162 g/mol. The minimum atomic E-state index is -1.32. The average Bonchev–Trinajstić information content (AvgIpc) is 1.85. The molecule has 0 spiro atoms. The van der Waals surface area contributed by atoms with E-state index in [2.05, 4.69) is 5.28 Å². The Kier molecular flexibility index (Phi) is 3.29. The summed E-state index contributed by atoms with van der Waals surface area (Å²) in [6.45, 7) is 3.10. The van der Waals surface area contributed by atoms with Crippen molar-refractivity contribution >= 4 is 5.97 Å². The number of carboxylic acids is 1. The van der Waals surface area contributed by atoms with Gasteiger partial charge in [0.1, 0.15) is 0 Å². The fraction of sp³-hybridized carbons (Fsp3) is 0.800. The van der Waals surface area contributed by atoms with Crippen LogP contribution in [0.15, 0.2) is 5.28 Å². The Hall–Kier alpha value is -1.33. The maximum atomic E-state index is 10.5. The maximum absolute atomic E-state index is 10.5. The molecule has 0 saturated carbocycles. The zero-order chi connectivity index (χ0) is 9.02. The van der Waals surface area contributed by atoms with Gasteiger partial charge in [-0.2, -0.15) is 0 Å². The molecule has 6 heteroatoms. The summed E-state index contributed by atoms with van der Waals surface area (Å²) in [5.74, 6) is -1.70. The van der Waals surface area contributed by atoms with E-state index >= 15 is 0 Å². The number of hydrogen-bond acceptors (Lipinski definition) is 3. The fourth-order valence-electron chi connectivity index (χ4n) is 0.690. The van der Waals surface area contributed by atoms with Gasteiger partial charge in [0.15, 0.2) is 5.28 Å². The van der Waals surface area contributed by atoms with E-state index in [9.17, 15) is 10.0 Å². The largest absolute Gasteiger partial charge is 0.597 e. The minimum Gasteiger partial charge on any atom is -0.597 e. The zero-order valence-electron chi connectivity index (χ0n) is 6.26. The van der Waals surface area contributed by atoms with Crippen molar-refractivity contribution in [2.45, 2.75) is 19.9 Å². The van der Waals surface area contributed by atoms with Crippen molar-refractivity contribution in [1.82, 2.24) is 0 Å². The summed E-state index contributed by atoms with van der Waals surface area (Å²) in [5, 5.41) is 29.2. The molecule has 0 amide bonds. The molecule has 0 aromatic heterocycles. The summed E-state index contributed by atoms with van der Waals surface area (Å²) in [5.41, 5.74) is 0. The molecule has 6 nitrogen and oxygen atoms in total. The molecular weight excluding hydrogens is 152 g/mol. The lowest BCUT2D eigenvalue weighted by Gasteiger charge is -2.10. The standard InChI is InChI=1S/C5H10N2O4/c1-3(2)4(5(8)9)7(11)6-10/h3-4,10H,1-2H3,(H,8,9)/b7-6-/t4-/m0/s1. The summed E-state index contributed by atoms with van der Waals surface area (Å²) >= 11 is 0. The highest BCUT2D eigenvalue weighted by molar-refractivity contribution is 5.72. The molecule has 0 rings (SSSR count). The highest BCUT2D eigenvalue weighted by Crippen LogP contribution is 2.05. The van der Waals surface area contributed by atoms with Crippen molar-refractivity contribution in [3.63, 3.8) is 0 Å². The number of hydrogen-bond donors (Lipinski definition) is 2. The predicted octanol–water partition coefficient (Wildman–Crippen LogP) is 0.447. The van der Waals surface area contributed by atoms with Crippen molar-refractivity contribution in [1.29, 1.82) is 0 Å². The Labute approximate surface area is 63.3 Å². The molecule has 0 aliphatic rings. The molecule has 0 aliphatic heterocycles. The second-order valence-corrected chi connectivity index (χ2v) is 2.42. The van der Waals surface area contributed by atoms with Crippen LogP contribution in [-0.4, -0.2) is 27.2 Å². The lowest BCUT2D eigenvalue weighted by atomic mass is 10.1. The number of nitrogens with zero attached hydrogens (tertiary/aromatic N) is 2. The molecule has 0 unspecified atom stereocenters. The van der Waals surface area contributed by atoms with E-state index < -0.39 is 17.9 Å². The molecule has 0 aromatic rings. The third-order valence-electron chi connectivity index (χ3n) is 1.21. The van der Waals surface area contributed by atoms with Gasteiger partial charge < -0.3 is 15.5 Å². The molecule has 0 saturated heterocycles. The maximum Gasteiger partial charge on any atom is 0.377 e. The third kappa shape index (κ3) is 2.40.